The number of anilines is 2. The molecule has 14 heteroatoms. The molecular weight excluding hydrogens is 494 g/mol. The molecule has 1 fully saturated rings. The van der Waals surface area contributed by atoms with Gasteiger partial charge in [-0.15, -0.1) is 13.2 Å². The van der Waals surface area contributed by atoms with Crippen LogP contribution in [-0.2, 0) is 16.2 Å². The molecule has 2 aromatic carbocycles. The van der Waals surface area contributed by atoms with Crippen LogP contribution in [0.1, 0.15) is 35.2 Å². The van der Waals surface area contributed by atoms with Gasteiger partial charge in [-0.05, 0) is 55.7 Å². The Hall–Kier alpha value is -3.16. The van der Waals surface area contributed by atoms with E-state index in [1.807, 2.05) is 4.72 Å². The first-order valence-electron chi connectivity index (χ1n) is 9.79. The Morgan fingerprint density at radius 2 is 1.62 bits per heavy atom. The van der Waals surface area contributed by atoms with E-state index in [2.05, 4.69) is 4.74 Å². The van der Waals surface area contributed by atoms with E-state index in [0.29, 0.717) is 50.2 Å². The Bertz CT molecular complexity index is 1170. The van der Waals surface area contributed by atoms with Gasteiger partial charge >= 0.3 is 18.5 Å². The molecule has 0 aromatic heterocycles. The van der Waals surface area contributed by atoms with E-state index < -0.39 is 56.0 Å². The molecule has 0 unspecified atom stereocenters. The van der Waals surface area contributed by atoms with E-state index in [9.17, 15) is 39.6 Å². The van der Waals surface area contributed by atoms with Gasteiger partial charge in [-0.3, -0.25) is 4.72 Å². The van der Waals surface area contributed by atoms with Crippen molar-refractivity contribution < 1.29 is 49.4 Å². The number of benzene rings is 2. The summed E-state index contributed by atoms with van der Waals surface area (Å²) >= 11 is 0. The number of sulfonamides is 1. The van der Waals surface area contributed by atoms with Gasteiger partial charge in [0.15, 0.2) is 0 Å². The maximum Gasteiger partial charge on any atom is 0.573 e. The molecule has 1 saturated heterocycles. The Morgan fingerprint density at radius 3 is 2.18 bits per heavy atom. The molecule has 0 saturated carbocycles. The number of carbonyl (C=O) groups is 1. The number of hydrogen-bond acceptors (Lipinski definition) is 5. The van der Waals surface area contributed by atoms with Gasteiger partial charge in [0.25, 0.3) is 10.0 Å². The fourth-order valence-corrected chi connectivity index (χ4v) is 4.68. The van der Waals surface area contributed by atoms with E-state index >= 15 is 0 Å². The van der Waals surface area contributed by atoms with Crippen molar-refractivity contribution >= 4 is 27.4 Å². The predicted molar refractivity (Wildman–Crippen MR) is 108 cm³/mol. The number of carboxylic acid groups (broad SMARTS) is 1. The largest absolute Gasteiger partial charge is 0.573 e. The normalized spacial score (nSPS) is 15.2. The molecule has 2 aromatic rings. The van der Waals surface area contributed by atoms with Gasteiger partial charge in [0.2, 0.25) is 0 Å². The molecule has 0 atom stereocenters. The lowest BCUT2D eigenvalue weighted by Crippen LogP contribution is -2.30. The van der Waals surface area contributed by atoms with Crippen LogP contribution in [0.4, 0.5) is 37.7 Å². The van der Waals surface area contributed by atoms with Crippen molar-refractivity contribution in [3.63, 3.8) is 0 Å². The third-order valence-corrected chi connectivity index (χ3v) is 6.36. The summed E-state index contributed by atoms with van der Waals surface area (Å²) < 4.78 is 110. The highest BCUT2D eigenvalue weighted by molar-refractivity contribution is 7.92. The summed E-state index contributed by atoms with van der Waals surface area (Å²) in [6, 6.07) is 4.01. The van der Waals surface area contributed by atoms with Gasteiger partial charge in [-0.1, -0.05) is 0 Å². The Morgan fingerprint density at radius 1 is 0.971 bits per heavy atom. The number of nitrogens with one attached hydrogen (secondary N) is 1. The minimum absolute atomic E-state index is 0.101. The average Bonchev–Trinajstić information content (AvgIpc) is 2.72. The van der Waals surface area contributed by atoms with E-state index in [1.54, 1.807) is 4.90 Å². The average molecular weight is 512 g/mol. The van der Waals surface area contributed by atoms with E-state index in [0.717, 1.165) is 18.6 Å². The number of rotatable bonds is 6. The molecule has 0 radical (unpaired) electrons. The number of hydrogen-bond donors (Lipinski definition) is 2. The third kappa shape index (κ3) is 6.04. The molecular formula is C20H18F6N2O5S. The first kappa shape index (κ1) is 25.5. The Labute approximate surface area is 190 Å². The number of alkyl halides is 6. The van der Waals surface area contributed by atoms with Gasteiger partial charge in [0.1, 0.15) is 10.6 Å². The van der Waals surface area contributed by atoms with Crippen LogP contribution in [0.5, 0.6) is 5.75 Å². The smallest absolute Gasteiger partial charge is 0.478 e. The third-order valence-electron chi connectivity index (χ3n) is 4.97. The van der Waals surface area contributed by atoms with Gasteiger partial charge in [0.05, 0.1) is 22.5 Å². The topological polar surface area (TPSA) is 95.9 Å². The Kier molecular flexibility index (Phi) is 6.92. The highest BCUT2D eigenvalue weighted by Gasteiger charge is 2.36. The van der Waals surface area contributed by atoms with E-state index in [-0.39, 0.29) is 5.69 Å². The van der Waals surface area contributed by atoms with E-state index in [1.165, 1.54) is 0 Å². The van der Waals surface area contributed by atoms with Gasteiger partial charge in [0, 0.05) is 13.1 Å². The molecule has 0 spiro atoms. The molecule has 7 nitrogen and oxygen atoms in total. The first-order chi connectivity index (χ1) is 15.7. The number of piperidine rings is 1. The molecule has 0 bridgehead atoms. The summed E-state index contributed by atoms with van der Waals surface area (Å²) in [4.78, 5) is 11.7. The van der Waals surface area contributed by atoms with Crippen LogP contribution in [0.3, 0.4) is 0 Å². The van der Waals surface area contributed by atoms with Gasteiger partial charge in [-0.2, -0.15) is 13.2 Å². The fourth-order valence-electron chi connectivity index (χ4n) is 3.46. The van der Waals surface area contributed by atoms with Crippen LogP contribution in [-0.4, -0.2) is 38.9 Å². The van der Waals surface area contributed by atoms with E-state index in [4.69, 9.17) is 5.11 Å². The van der Waals surface area contributed by atoms with Crippen LogP contribution in [0.2, 0.25) is 0 Å². The summed E-state index contributed by atoms with van der Waals surface area (Å²) in [5, 5.41) is 9.12. The molecule has 2 N–H and O–H groups in total. The monoisotopic (exact) mass is 512 g/mol. The predicted octanol–water partition coefficient (Wildman–Crippen LogP) is 5.09. The maximum absolute atomic E-state index is 13.3. The fraction of sp³-hybridized carbons (Fsp3) is 0.350. The zero-order valence-corrected chi connectivity index (χ0v) is 18.0. The second-order valence-electron chi connectivity index (χ2n) is 7.40. The van der Waals surface area contributed by atoms with Crippen LogP contribution in [0.25, 0.3) is 0 Å². The molecule has 0 aliphatic carbocycles. The van der Waals surface area contributed by atoms with Crippen molar-refractivity contribution in [2.24, 2.45) is 0 Å². The number of carboxylic acids is 1. The molecule has 34 heavy (non-hydrogen) atoms. The summed E-state index contributed by atoms with van der Waals surface area (Å²) in [7, 11) is -5.03. The molecule has 0 amide bonds. The van der Waals surface area contributed by atoms with Crippen LogP contribution < -0.4 is 14.4 Å². The minimum Gasteiger partial charge on any atom is -0.478 e. The second-order valence-corrected chi connectivity index (χ2v) is 9.05. The maximum atomic E-state index is 13.3. The zero-order chi connectivity index (χ0) is 25.3. The summed E-state index contributed by atoms with van der Waals surface area (Å²) in [5.74, 6) is -2.88. The summed E-state index contributed by atoms with van der Waals surface area (Å²) in [6.45, 7) is 0.855. The molecule has 1 heterocycles. The van der Waals surface area contributed by atoms with Crippen molar-refractivity contribution in [2.75, 3.05) is 22.7 Å². The Balaban J connectivity index is 2.12. The zero-order valence-electron chi connectivity index (χ0n) is 17.2. The summed E-state index contributed by atoms with van der Waals surface area (Å²) in [6.07, 6.45) is -7.86. The molecule has 186 valence electrons. The van der Waals surface area contributed by atoms with Crippen LogP contribution >= 0.6 is 0 Å². The minimum atomic E-state index is -5.32. The van der Waals surface area contributed by atoms with Crippen molar-refractivity contribution in [2.45, 2.75) is 36.7 Å². The summed E-state index contributed by atoms with van der Waals surface area (Å²) in [5.41, 5.74) is -2.27. The van der Waals surface area contributed by atoms with Crippen molar-refractivity contribution in [1.82, 2.24) is 0 Å². The van der Waals surface area contributed by atoms with Gasteiger partial charge in [-0.25, -0.2) is 13.2 Å². The lowest BCUT2D eigenvalue weighted by atomic mass is 10.1. The van der Waals surface area contributed by atoms with Crippen molar-refractivity contribution in [3.05, 3.63) is 47.5 Å². The van der Waals surface area contributed by atoms with Crippen molar-refractivity contribution in [3.8, 4) is 5.75 Å². The van der Waals surface area contributed by atoms with Crippen LogP contribution in [0.15, 0.2) is 41.3 Å². The molecule has 1 aliphatic heterocycles. The van der Waals surface area contributed by atoms with Crippen LogP contribution in [0, 0.1) is 0 Å². The number of ether oxygens (including phenoxy) is 1. The molecule has 3 rings (SSSR count). The SMILES string of the molecule is O=C(O)c1ccc(OC(F)(F)F)c(S(=O)(=O)Nc2cc(C(F)(F)F)ccc2N2CCCCC2)c1. The van der Waals surface area contributed by atoms with Gasteiger partial charge < -0.3 is 14.7 Å². The highest BCUT2D eigenvalue weighted by atomic mass is 32.2. The lowest BCUT2D eigenvalue weighted by Gasteiger charge is -2.31. The van der Waals surface area contributed by atoms with Crippen molar-refractivity contribution in [1.29, 1.82) is 0 Å². The first-order valence-corrected chi connectivity index (χ1v) is 11.3. The highest BCUT2D eigenvalue weighted by Crippen LogP contribution is 2.38. The molecule has 1 aliphatic rings. The second kappa shape index (κ2) is 9.24. The standard InChI is InChI=1S/C20H18F6N2O5S/c21-19(22,23)13-5-6-15(28-8-2-1-3-9-28)14(11-13)27-34(31,32)17-10-12(18(29)30)4-7-16(17)33-20(24,25)26/h4-7,10-11,27H,1-3,8-9H2,(H,29,30). The lowest BCUT2D eigenvalue weighted by molar-refractivity contribution is -0.275. The quantitative estimate of drug-likeness (QED) is 0.524. The number of aromatic carboxylic acids is 1. The number of nitrogens with zero attached hydrogens (tertiary/aromatic N) is 1. The number of halogens is 6.